The van der Waals surface area contributed by atoms with Gasteiger partial charge in [0, 0.05) is 36.5 Å². The van der Waals surface area contributed by atoms with Crippen LogP contribution in [0.4, 0.5) is 10.7 Å². The third-order valence-corrected chi connectivity index (χ3v) is 4.83. The van der Waals surface area contributed by atoms with Gasteiger partial charge in [0.1, 0.15) is 0 Å². The predicted octanol–water partition coefficient (Wildman–Crippen LogP) is 3.23. The predicted molar refractivity (Wildman–Crippen MR) is 97.1 cm³/mol. The number of hydrogen-bond donors (Lipinski definition) is 2. The van der Waals surface area contributed by atoms with Crippen LogP contribution >= 0.6 is 11.6 Å². The normalized spacial score (nSPS) is 16.4. The third-order valence-electron chi connectivity index (χ3n) is 4.60. The van der Waals surface area contributed by atoms with Gasteiger partial charge in [-0.1, -0.05) is 23.7 Å². The van der Waals surface area contributed by atoms with Gasteiger partial charge in [0.05, 0.1) is 0 Å². The number of anilines is 1. The number of rotatable bonds is 5. The summed E-state index contributed by atoms with van der Waals surface area (Å²) in [6.45, 7) is 1.64. The summed E-state index contributed by atoms with van der Waals surface area (Å²) < 4.78 is 0. The van der Waals surface area contributed by atoms with E-state index in [9.17, 15) is 9.90 Å². The minimum atomic E-state index is -0.985. The number of carboxylic acid groups (broad SMARTS) is 1. The van der Waals surface area contributed by atoms with Gasteiger partial charge in [-0.25, -0.2) is 14.8 Å². The summed E-state index contributed by atoms with van der Waals surface area (Å²) in [5, 5.41) is 12.6. The quantitative estimate of drug-likeness (QED) is 0.855. The maximum absolute atomic E-state index is 11.2. The lowest BCUT2D eigenvalue weighted by atomic mass is 9.86. The van der Waals surface area contributed by atoms with Crippen LogP contribution in [0.2, 0.25) is 5.02 Å². The van der Waals surface area contributed by atoms with Gasteiger partial charge in [-0.3, -0.25) is 0 Å². The van der Waals surface area contributed by atoms with Crippen LogP contribution in [0.5, 0.6) is 0 Å². The Hall–Kier alpha value is -2.34. The number of carbonyl (C=O) groups is 1. The van der Waals surface area contributed by atoms with Crippen molar-refractivity contribution < 1.29 is 9.90 Å². The summed E-state index contributed by atoms with van der Waals surface area (Å²) in [4.78, 5) is 22.0. The van der Waals surface area contributed by atoms with Crippen LogP contribution in [0.3, 0.4) is 0 Å². The topological polar surface area (TPSA) is 78.4 Å². The Morgan fingerprint density at radius 2 is 2.00 bits per heavy atom. The number of benzene rings is 1. The molecule has 0 bridgehead atoms. The van der Waals surface area contributed by atoms with E-state index in [1.165, 1.54) is 0 Å². The molecule has 6 nitrogen and oxygen atoms in total. The molecule has 0 saturated carbocycles. The molecule has 0 radical (unpaired) electrons. The first-order valence-corrected chi connectivity index (χ1v) is 8.75. The number of aromatic nitrogens is 2. The molecule has 1 aliphatic rings. The first kappa shape index (κ1) is 17.5. The molecule has 1 aromatic carbocycles. The highest BCUT2D eigenvalue weighted by atomic mass is 35.5. The van der Waals surface area contributed by atoms with Crippen molar-refractivity contribution in [3.8, 4) is 0 Å². The van der Waals surface area contributed by atoms with Gasteiger partial charge in [-0.15, -0.1) is 0 Å². The largest absolute Gasteiger partial charge is 0.465 e. The van der Waals surface area contributed by atoms with Gasteiger partial charge in [-0.2, -0.15) is 0 Å². The fourth-order valence-electron chi connectivity index (χ4n) is 3.37. The van der Waals surface area contributed by atoms with E-state index in [2.05, 4.69) is 20.2 Å². The summed E-state index contributed by atoms with van der Waals surface area (Å²) in [6.07, 6.45) is 4.92. The summed E-state index contributed by atoms with van der Waals surface area (Å²) in [5.74, 6) is 1.01. The fraction of sp³-hybridized carbons (Fsp3) is 0.389. The molecular formula is C18H21ClN4O2. The molecule has 0 aliphatic carbocycles. The number of piperidine rings is 1. The standard InChI is InChI=1S/C18H21ClN4O2/c19-15-4-1-3-13(11-15)12-16(22-18(24)25)14-5-9-23(10-6-14)17-20-7-2-8-21-17/h1-4,7-8,11,14,16,22H,5-6,9-10,12H2,(H,24,25). The summed E-state index contributed by atoms with van der Waals surface area (Å²) >= 11 is 6.05. The molecule has 7 heteroatoms. The van der Waals surface area contributed by atoms with Crippen molar-refractivity contribution in [3.05, 3.63) is 53.3 Å². The van der Waals surface area contributed by atoms with Crippen LogP contribution in [0.1, 0.15) is 18.4 Å². The van der Waals surface area contributed by atoms with E-state index in [4.69, 9.17) is 11.6 Å². The molecule has 2 N–H and O–H groups in total. The summed E-state index contributed by atoms with van der Waals surface area (Å²) in [5.41, 5.74) is 1.04. The number of nitrogens with zero attached hydrogens (tertiary/aromatic N) is 3. The molecule has 1 amide bonds. The molecule has 3 rings (SSSR count). The zero-order valence-corrected chi connectivity index (χ0v) is 14.6. The van der Waals surface area contributed by atoms with E-state index in [0.29, 0.717) is 11.4 Å². The number of halogens is 1. The molecule has 25 heavy (non-hydrogen) atoms. The fourth-order valence-corrected chi connectivity index (χ4v) is 3.58. The van der Waals surface area contributed by atoms with Gasteiger partial charge in [0.15, 0.2) is 0 Å². The number of nitrogens with one attached hydrogen (secondary N) is 1. The average Bonchev–Trinajstić information content (AvgIpc) is 2.62. The van der Waals surface area contributed by atoms with E-state index in [1.807, 2.05) is 24.3 Å². The SMILES string of the molecule is O=C(O)NC(Cc1cccc(Cl)c1)C1CCN(c2ncccn2)CC1. The Kier molecular flexibility index (Phi) is 5.71. The zero-order valence-electron chi connectivity index (χ0n) is 13.8. The minimum absolute atomic E-state index is 0.130. The first-order chi connectivity index (χ1) is 12.1. The Bertz CT molecular complexity index is 705. The highest BCUT2D eigenvalue weighted by molar-refractivity contribution is 6.30. The second kappa shape index (κ2) is 8.16. The van der Waals surface area contributed by atoms with Gasteiger partial charge in [0.2, 0.25) is 5.95 Å². The van der Waals surface area contributed by atoms with E-state index in [0.717, 1.165) is 37.4 Å². The maximum Gasteiger partial charge on any atom is 0.404 e. The molecule has 0 spiro atoms. The molecule has 1 atom stereocenters. The van der Waals surface area contributed by atoms with Crippen LogP contribution in [-0.4, -0.2) is 40.3 Å². The molecule has 1 saturated heterocycles. The van der Waals surface area contributed by atoms with Crippen molar-refractivity contribution in [3.63, 3.8) is 0 Å². The van der Waals surface area contributed by atoms with Crippen molar-refractivity contribution in [1.82, 2.24) is 15.3 Å². The van der Waals surface area contributed by atoms with Gasteiger partial charge >= 0.3 is 6.09 Å². The maximum atomic E-state index is 11.2. The Labute approximate surface area is 151 Å². The van der Waals surface area contributed by atoms with Crippen molar-refractivity contribution in [2.75, 3.05) is 18.0 Å². The Balaban J connectivity index is 1.65. The summed E-state index contributed by atoms with van der Waals surface area (Å²) in [7, 11) is 0. The van der Waals surface area contributed by atoms with Crippen LogP contribution in [0.25, 0.3) is 0 Å². The van der Waals surface area contributed by atoms with E-state index >= 15 is 0 Å². The van der Waals surface area contributed by atoms with Gasteiger partial charge in [0.25, 0.3) is 0 Å². The zero-order chi connectivity index (χ0) is 17.6. The van der Waals surface area contributed by atoms with Crippen LogP contribution < -0.4 is 10.2 Å². The molecule has 1 unspecified atom stereocenters. The molecule has 1 fully saturated rings. The smallest absolute Gasteiger partial charge is 0.404 e. The van der Waals surface area contributed by atoms with Gasteiger partial charge < -0.3 is 15.3 Å². The molecule has 1 aromatic heterocycles. The third kappa shape index (κ3) is 4.82. The van der Waals surface area contributed by atoms with Crippen LogP contribution in [0.15, 0.2) is 42.7 Å². The second-order valence-corrected chi connectivity index (χ2v) is 6.70. The lowest BCUT2D eigenvalue weighted by Gasteiger charge is -2.36. The van der Waals surface area contributed by atoms with Crippen molar-refractivity contribution in [1.29, 1.82) is 0 Å². The molecule has 1 aliphatic heterocycles. The minimum Gasteiger partial charge on any atom is -0.465 e. The molecule has 132 valence electrons. The van der Waals surface area contributed by atoms with Gasteiger partial charge in [-0.05, 0) is 48.9 Å². The highest BCUT2D eigenvalue weighted by Crippen LogP contribution is 2.25. The molecule has 2 heterocycles. The monoisotopic (exact) mass is 360 g/mol. The van der Waals surface area contributed by atoms with Crippen molar-refractivity contribution >= 4 is 23.6 Å². The average molecular weight is 361 g/mol. The van der Waals surface area contributed by atoms with Crippen LogP contribution in [-0.2, 0) is 6.42 Å². The van der Waals surface area contributed by atoms with E-state index < -0.39 is 6.09 Å². The van der Waals surface area contributed by atoms with Crippen molar-refractivity contribution in [2.24, 2.45) is 5.92 Å². The lowest BCUT2D eigenvalue weighted by Crippen LogP contribution is -2.46. The van der Waals surface area contributed by atoms with E-state index in [1.54, 1.807) is 18.5 Å². The number of hydrogen-bond acceptors (Lipinski definition) is 4. The highest BCUT2D eigenvalue weighted by Gasteiger charge is 2.28. The van der Waals surface area contributed by atoms with Crippen molar-refractivity contribution in [2.45, 2.75) is 25.3 Å². The first-order valence-electron chi connectivity index (χ1n) is 8.37. The van der Waals surface area contributed by atoms with Crippen LogP contribution in [0, 0.1) is 5.92 Å². The Morgan fingerprint density at radius 3 is 2.64 bits per heavy atom. The van der Waals surface area contributed by atoms with E-state index in [-0.39, 0.29) is 12.0 Å². The Morgan fingerprint density at radius 1 is 1.28 bits per heavy atom. The molecule has 2 aromatic rings. The number of amides is 1. The lowest BCUT2D eigenvalue weighted by molar-refractivity contribution is 0.180. The second-order valence-electron chi connectivity index (χ2n) is 6.26. The molecular weight excluding hydrogens is 340 g/mol. The summed E-state index contributed by atoms with van der Waals surface area (Å²) in [6, 6.07) is 9.26.